The number of anilines is 1. The molecule has 31 heavy (non-hydrogen) atoms. The van der Waals surface area contributed by atoms with E-state index < -0.39 is 10.1 Å². The Labute approximate surface area is 181 Å². The third-order valence-corrected chi connectivity index (χ3v) is 5.85. The van der Waals surface area contributed by atoms with E-state index in [2.05, 4.69) is 5.32 Å². The number of Topliss-reactive ketones (excluding diaryl/α,β-unsaturated/α-hetero) is 1. The highest BCUT2D eigenvalue weighted by atomic mass is 32.2. The Balaban J connectivity index is 1.87. The van der Waals surface area contributed by atoms with Gasteiger partial charge in [0.2, 0.25) is 0 Å². The molecule has 0 aliphatic heterocycles. The van der Waals surface area contributed by atoms with Gasteiger partial charge in [-0.15, -0.1) is 0 Å². The van der Waals surface area contributed by atoms with E-state index in [-0.39, 0.29) is 16.6 Å². The van der Waals surface area contributed by atoms with Gasteiger partial charge in [0.25, 0.3) is 5.91 Å². The van der Waals surface area contributed by atoms with Gasteiger partial charge in [-0.3, -0.25) is 9.59 Å². The molecular formula is C24H22NO5S-. The topological polar surface area (TPSA) is 103 Å². The Bertz CT molecular complexity index is 1260. The van der Waals surface area contributed by atoms with Gasteiger partial charge in [0.15, 0.2) is 5.78 Å². The molecule has 3 aromatic carbocycles. The largest absolute Gasteiger partial charge is 0.744 e. The summed E-state index contributed by atoms with van der Waals surface area (Å²) in [5.74, 6) is -0.324. The van der Waals surface area contributed by atoms with Gasteiger partial charge >= 0.3 is 0 Å². The van der Waals surface area contributed by atoms with Crippen LogP contribution in [-0.2, 0) is 10.1 Å². The zero-order chi connectivity index (χ0) is 22.8. The van der Waals surface area contributed by atoms with Crippen LogP contribution in [0.2, 0.25) is 0 Å². The van der Waals surface area contributed by atoms with Crippen LogP contribution in [0.5, 0.6) is 0 Å². The average Bonchev–Trinajstić information content (AvgIpc) is 2.73. The van der Waals surface area contributed by atoms with Crippen LogP contribution in [0.4, 0.5) is 5.69 Å². The Morgan fingerprint density at radius 2 is 1.48 bits per heavy atom. The summed E-state index contributed by atoms with van der Waals surface area (Å²) in [6, 6.07) is 16.2. The minimum Gasteiger partial charge on any atom is -0.744 e. The summed E-state index contributed by atoms with van der Waals surface area (Å²) in [4.78, 5) is 24.0. The first-order valence-corrected chi connectivity index (χ1v) is 11.1. The first-order valence-electron chi connectivity index (χ1n) is 9.72. The SMILES string of the molecule is CCC(=O)c1ccc(C(=O)Nc2ccc(-c3ccc(C)cc3S(=O)(=O)[O-])c(C)c2)cc1. The lowest BCUT2D eigenvalue weighted by Gasteiger charge is -2.16. The molecular weight excluding hydrogens is 414 g/mol. The summed E-state index contributed by atoms with van der Waals surface area (Å²) in [7, 11) is -4.64. The molecule has 0 fully saturated rings. The second kappa shape index (κ2) is 8.83. The second-order valence-electron chi connectivity index (χ2n) is 7.29. The molecule has 1 N–H and O–H groups in total. The maximum Gasteiger partial charge on any atom is 0.255 e. The zero-order valence-corrected chi connectivity index (χ0v) is 18.2. The minimum absolute atomic E-state index is 0.00809. The Hall–Kier alpha value is -3.29. The van der Waals surface area contributed by atoms with Crippen molar-refractivity contribution in [3.63, 3.8) is 0 Å². The van der Waals surface area contributed by atoms with E-state index in [1.54, 1.807) is 75.4 Å². The summed E-state index contributed by atoms with van der Waals surface area (Å²) >= 11 is 0. The van der Waals surface area contributed by atoms with Crippen LogP contribution in [0.3, 0.4) is 0 Å². The second-order valence-corrected chi connectivity index (χ2v) is 8.64. The molecule has 0 aliphatic rings. The maximum atomic E-state index is 12.5. The molecule has 0 radical (unpaired) electrons. The molecule has 0 saturated heterocycles. The normalized spacial score (nSPS) is 11.2. The molecule has 0 atom stereocenters. The number of rotatable bonds is 6. The van der Waals surface area contributed by atoms with Gasteiger partial charge in [-0.05, 0) is 66.4 Å². The third kappa shape index (κ3) is 5.07. The number of amides is 1. The number of carbonyl (C=O) groups excluding carboxylic acids is 2. The van der Waals surface area contributed by atoms with E-state index in [9.17, 15) is 22.6 Å². The molecule has 0 aromatic heterocycles. The number of hydrogen-bond donors (Lipinski definition) is 1. The van der Waals surface area contributed by atoms with Gasteiger partial charge in [-0.2, -0.15) is 0 Å². The van der Waals surface area contributed by atoms with Gasteiger partial charge in [-0.25, -0.2) is 8.42 Å². The molecule has 7 heteroatoms. The highest BCUT2D eigenvalue weighted by Gasteiger charge is 2.14. The highest BCUT2D eigenvalue weighted by molar-refractivity contribution is 7.85. The van der Waals surface area contributed by atoms with E-state index in [1.165, 1.54) is 6.07 Å². The molecule has 6 nitrogen and oxygen atoms in total. The summed E-state index contributed by atoms with van der Waals surface area (Å²) < 4.78 is 35.1. The van der Waals surface area contributed by atoms with Crippen molar-refractivity contribution in [1.29, 1.82) is 0 Å². The first-order chi connectivity index (χ1) is 14.6. The standard InChI is InChI=1S/C24H23NO5S/c1-4-22(26)17-6-8-18(9-7-17)24(27)25-19-10-12-20(16(3)14-19)21-11-5-15(2)13-23(21)31(28,29)30/h5-14H,4H2,1-3H3,(H,25,27)(H,28,29,30)/p-1. The van der Waals surface area contributed by atoms with Crippen LogP contribution in [-0.4, -0.2) is 24.7 Å². The molecule has 0 bridgehead atoms. The van der Waals surface area contributed by atoms with Gasteiger partial charge < -0.3 is 9.87 Å². The summed E-state index contributed by atoms with van der Waals surface area (Å²) in [6.45, 7) is 5.27. The van der Waals surface area contributed by atoms with Gasteiger partial charge in [0.1, 0.15) is 10.1 Å². The van der Waals surface area contributed by atoms with Crippen LogP contribution >= 0.6 is 0 Å². The fourth-order valence-corrected chi connectivity index (χ4v) is 4.09. The predicted molar refractivity (Wildman–Crippen MR) is 118 cm³/mol. The van der Waals surface area contributed by atoms with Crippen molar-refractivity contribution in [3.8, 4) is 11.1 Å². The van der Waals surface area contributed by atoms with Gasteiger partial charge in [-0.1, -0.05) is 37.3 Å². The Morgan fingerprint density at radius 1 is 0.871 bits per heavy atom. The van der Waals surface area contributed by atoms with Crippen LogP contribution in [0.15, 0.2) is 65.6 Å². The molecule has 160 valence electrons. The van der Waals surface area contributed by atoms with Crippen molar-refractivity contribution in [2.24, 2.45) is 0 Å². The monoisotopic (exact) mass is 436 g/mol. The smallest absolute Gasteiger partial charge is 0.255 e. The molecule has 0 aliphatic carbocycles. The van der Waals surface area contributed by atoms with Gasteiger partial charge in [0.05, 0.1) is 4.90 Å². The number of ketones is 1. The Kier molecular flexibility index (Phi) is 6.38. The molecule has 1 amide bonds. The first kappa shape index (κ1) is 22.4. The highest BCUT2D eigenvalue weighted by Crippen LogP contribution is 2.32. The van der Waals surface area contributed by atoms with Crippen molar-refractivity contribution in [1.82, 2.24) is 0 Å². The number of benzene rings is 3. The van der Waals surface area contributed by atoms with Crippen molar-refractivity contribution in [2.45, 2.75) is 32.1 Å². The molecule has 0 unspecified atom stereocenters. The van der Waals surface area contributed by atoms with Gasteiger partial charge in [0, 0.05) is 23.2 Å². The molecule has 3 rings (SSSR count). The fraction of sp³-hybridized carbons (Fsp3) is 0.167. The zero-order valence-electron chi connectivity index (χ0n) is 17.4. The summed E-state index contributed by atoms with van der Waals surface area (Å²) in [6.07, 6.45) is 0.396. The van der Waals surface area contributed by atoms with Crippen LogP contribution in [0.25, 0.3) is 11.1 Å². The quantitative estimate of drug-likeness (QED) is 0.445. The van der Waals surface area contributed by atoms with Crippen LogP contribution in [0, 0.1) is 13.8 Å². The van der Waals surface area contributed by atoms with E-state index in [0.717, 1.165) is 0 Å². The van der Waals surface area contributed by atoms with Crippen molar-refractivity contribution < 1.29 is 22.6 Å². The third-order valence-electron chi connectivity index (χ3n) is 4.97. The van der Waals surface area contributed by atoms with Crippen LogP contribution in [0.1, 0.15) is 45.2 Å². The molecule has 3 aromatic rings. The fourth-order valence-electron chi connectivity index (χ4n) is 3.32. The lowest BCUT2D eigenvalue weighted by molar-refractivity contribution is 0.0984. The van der Waals surface area contributed by atoms with Crippen molar-refractivity contribution in [3.05, 3.63) is 82.9 Å². The number of hydrogen-bond acceptors (Lipinski definition) is 5. The van der Waals surface area contributed by atoms with E-state index in [1.807, 2.05) is 0 Å². The molecule has 0 saturated carbocycles. The maximum absolute atomic E-state index is 12.5. The predicted octanol–water partition coefficient (Wildman–Crippen LogP) is 4.72. The number of aryl methyl sites for hydroxylation is 2. The number of carbonyl (C=O) groups is 2. The summed E-state index contributed by atoms with van der Waals surface area (Å²) in [5.41, 5.74) is 3.79. The average molecular weight is 437 g/mol. The lowest BCUT2D eigenvalue weighted by atomic mass is 9.99. The lowest BCUT2D eigenvalue weighted by Crippen LogP contribution is -2.12. The summed E-state index contributed by atoms with van der Waals surface area (Å²) in [5, 5.41) is 2.79. The molecule has 0 spiro atoms. The van der Waals surface area contributed by atoms with E-state index >= 15 is 0 Å². The van der Waals surface area contributed by atoms with Crippen molar-refractivity contribution in [2.75, 3.05) is 5.32 Å². The minimum atomic E-state index is -4.64. The van der Waals surface area contributed by atoms with Crippen LogP contribution < -0.4 is 5.32 Å². The van der Waals surface area contributed by atoms with E-state index in [4.69, 9.17) is 0 Å². The van der Waals surface area contributed by atoms with E-state index in [0.29, 0.717) is 45.5 Å². The molecule has 0 heterocycles. The Morgan fingerprint density at radius 3 is 2.06 bits per heavy atom. The van der Waals surface area contributed by atoms with Crippen molar-refractivity contribution >= 4 is 27.5 Å². The number of nitrogens with one attached hydrogen (secondary N) is 1.